The van der Waals surface area contributed by atoms with Crippen molar-refractivity contribution in [1.82, 2.24) is 16.0 Å². The molecule has 5 amide bonds. The number of aliphatic carboxylic acids is 1. The second kappa shape index (κ2) is 15.1. The second-order valence-corrected chi connectivity index (χ2v) is 8.54. The first-order valence-electron chi connectivity index (χ1n) is 10.3. The Morgan fingerprint density at radius 3 is 1.76 bits per heavy atom. The van der Waals surface area contributed by atoms with Crippen LogP contribution in [0.15, 0.2) is 0 Å². The van der Waals surface area contributed by atoms with Gasteiger partial charge in [-0.2, -0.15) is 11.8 Å². The molecule has 10 N–H and O–H groups in total. The van der Waals surface area contributed by atoms with Crippen LogP contribution in [-0.4, -0.2) is 76.8 Å². The summed E-state index contributed by atoms with van der Waals surface area (Å²) in [7, 11) is 0. The van der Waals surface area contributed by atoms with Crippen LogP contribution < -0.4 is 33.2 Å². The molecule has 0 aromatic rings. The van der Waals surface area contributed by atoms with Crippen molar-refractivity contribution in [2.45, 2.75) is 63.7 Å². The minimum atomic E-state index is -1.66. The van der Waals surface area contributed by atoms with Gasteiger partial charge < -0.3 is 38.3 Å². The van der Waals surface area contributed by atoms with E-state index in [1.54, 1.807) is 13.2 Å². The molecule has 0 bridgehead atoms. The number of carbonyl (C=O) groups excluding carboxylic acids is 5. The van der Waals surface area contributed by atoms with Crippen LogP contribution in [0.4, 0.5) is 0 Å². The predicted molar refractivity (Wildman–Crippen MR) is 121 cm³/mol. The van der Waals surface area contributed by atoms with Gasteiger partial charge in [-0.3, -0.25) is 24.0 Å². The molecule has 0 rings (SSSR count). The van der Waals surface area contributed by atoms with Gasteiger partial charge in [0.25, 0.3) is 0 Å². The van der Waals surface area contributed by atoms with E-state index in [9.17, 15) is 28.8 Å². The number of carbonyl (C=O) groups is 6. The number of rotatable bonds is 16. The Morgan fingerprint density at radius 1 is 0.848 bits per heavy atom. The van der Waals surface area contributed by atoms with Gasteiger partial charge in [0.1, 0.15) is 18.1 Å². The Hall–Kier alpha value is -2.87. The first-order valence-corrected chi connectivity index (χ1v) is 11.7. The van der Waals surface area contributed by atoms with E-state index in [1.165, 1.54) is 11.8 Å². The Balaban J connectivity index is 5.53. The van der Waals surface area contributed by atoms with Crippen LogP contribution in [0, 0.1) is 5.92 Å². The summed E-state index contributed by atoms with van der Waals surface area (Å²) in [4.78, 5) is 71.6. The minimum absolute atomic E-state index is 0.138. The zero-order valence-electron chi connectivity index (χ0n) is 19.0. The van der Waals surface area contributed by atoms with Gasteiger partial charge in [0.05, 0.1) is 18.9 Å². The van der Waals surface area contributed by atoms with E-state index in [0.29, 0.717) is 12.2 Å². The molecule has 0 saturated heterocycles. The van der Waals surface area contributed by atoms with Crippen LogP contribution in [0.5, 0.6) is 0 Å². The number of hydrogen-bond donors (Lipinski definition) is 7. The van der Waals surface area contributed by atoms with Crippen molar-refractivity contribution in [2.24, 2.45) is 23.1 Å². The summed E-state index contributed by atoms with van der Waals surface area (Å²) in [5.41, 5.74) is 16.1. The summed E-state index contributed by atoms with van der Waals surface area (Å²) in [5.74, 6) is -5.48. The Bertz CT molecular complexity index is 735. The molecular formula is C19H34N6O7S. The highest BCUT2D eigenvalue weighted by Gasteiger charge is 2.32. The van der Waals surface area contributed by atoms with E-state index in [1.807, 2.05) is 12.2 Å². The molecule has 13 nitrogen and oxygen atoms in total. The number of hydrogen-bond acceptors (Lipinski definition) is 8. The molecule has 0 aliphatic rings. The molecule has 0 spiro atoms. The zero-order chi connectivity index (χ0) is 25.7. The molecule has 14 heteroatoms. The van der Waals surface area contributed by atoms with Crippen molar-refractivity contribution in [2.75, 3.05) is 12.0 Å². The van der Waals surface area contributed by atoms with Gasteiger partial charge in [-0.25, -0.2) is 4.79 Å². The number of carboxylic acids is 1. The molecule has 0 aromatic carbocycles. The van der Waals surface area contributed by atoms with Crippen molar-refractivity contribution in [3.8, 4) is 0 Å². The number of thioether (sulfide) groups is 1. The quantitative estimate of drug-likeness (QED) is 0.120. The first kappa shape index (κ1) is 30.1. The normalized spacial score (nSPS) is 15.3. The fraction of sp³-hybridized carbons (Fsp3) is 0.684. The van der Waals surface area contributed by atoms with Gasteiger partial charge in [-0.05, 0) is 24.3 Å². The minimum Gasteiger partial charge on any atom is -0.480 e. The fourth-order valence-corrected chi connectivity index (χ4v) is 3.11. The van der Waals surface area contributed by atoms with E-state index in [2.05, 4.69) is 10.6 Å². The first-order chi connectivity index (χ1) is 15.3. The molecule has 0 aliphatic heterocycles. The maximum Gasteiger partial charge on any atom is 0.326 e. The predicted octanol–water partition coefficient (Wildman–Crippen LogP) is -2.60. The summed E-state index contributed by atoms with van der Waals surface area (Å²) in [6.45, 7) is 3.66. The fourth-order valence-electron chi connectivity index (χ4n) is 2.64. The third-order valence-electron chi connectivity index (χ3n) is 4.86. The molecule has 0 radical (unpaired) electrons. The molecule has 0 saturated carbocycles. The van der Waals surface area contributed by atoms with Crippen molar-refractivity contribution >= 4 is 47.3 Å². The molecule has 0 fully saturated rings. The average Bonchev–Trinajstić information content (AvgIpc) is 2.73. The molecule has 33 heavy (non-hydrogen) atoms. The lowest BCUT2D eigenvalue weighted by Gasteiger charge is -2.25. The molecule has 5 atom stereocenters. The third-order valence-corrected chi connectivity index (χ3v) is 5.51. The van der Waals surface area contributed by atoms with Crippen LogP contribution in [0.2, 0.25) is 0 Å². The lowest BCUT2D eigenvalue weighted by Crippen LogP contribution is -2.58. The SMILES string of the molecule is CCC(C)C(N)C(=O)NC(CCSC)C(=O)NC(CC(N)=O)C(=O)NC(CC(N)=O)C(=O)O. The van der Waals surface area contributed by atoms with E-state index in [0.717, 1.165) is 0 Å². The van der Waals surface area contributed by atoms with Crippen LogP contribution in [0.3, 0.4) is 0 Å². The second-order valence-electron chi connectivity index (χ2n) is 7.56. The summed E-state index contributed by atoms with van der Waals surface area (Å²) < 4.78 is 0. The maximum absolute atomic E-state index is 12.8. The highest BCUT2D eigenvalue weighted by molar-refractivity contribution is 7.98. The zero-order valence-corrected chi connectivity index (χ0v) is 19.8. The van der Waals surface area contributed by atoms with Crippen molar-refractivity contribution < 1.29 is 33.9 Å². The van der Waals surface area contributed by atoms with Gasteiger partial charge in [-0.1, -0.05) is 20.3 Å². The number of carboxylic acid groups (broad SMARTS) is 1. The monoisotopic (exact) mass is 490 g/mol. The van der Waals surface area contributed by atoms with Crippen LogP contribution in [-0.2, 0) is 28.8 Å². The largest absolute Gasteiger partial charge is 0.480 e. The highest BCUT2D eigenvalue weighted by Crippen LogP contribution is 2.08. The molecular weight excluding hydrogens is 456 g/mol. The van der Waals surface area contributed by atoms with E-state index < -0.39 is 72.5 Å². The topological polar surface area (TPSA) is 237 Å². The third kappa shape index (κ3) is 11.5. The Morgan fingerprint density at radius 2 is 1.30 bits per heavy atom. The van der Waals surface area contributed by atoms with E-state index in [4.69, 9.17) is 22.3 Å². The lowest BCUT2D eigenvalue weighted by molar-refractivity contribution is -0.144. The molecule has 5 unspecified atom stereocenters. The number of amides is 5. The highest BCUT2D eigenvalue weighted by atomic mass is 32.2. The number of nitrogens with one attached hydrogen (secondary N) is 3. The summed E-state index contributed by atoms with van der Waals surface area (Å²) in [5, 5.41) is 16.1. The van der Waals surface area contributed by atoms with Gasteiger partial charge in [-0.15, -0.1) is 0 Å². The number of nitrogens with two attached hydrogens (primary N) is 3. The standard InChI is InChI=1S/C19H34N6O7S/c1-4-9(2)15(22)18(30)23-10(5-6-33-3)16(28)24-11(7-13(20)26)17(29)25-12(19(31)32)8-14(21)27/h9-12,15H,4-8,22H2,1-3H3,(H2,20,26)(H2,21,27)(H,23,30)(H,24,28)(H,25,29)(H,31,32). The smallest absolute Gasteiger partial charge is 0.326 e. The lowest BCUT2D eigenvalue weighted by atomic mass is 9.99. The van der Waals surface area contributed by atoms with Crippen molar-refractivity contribution in [3.05, 3.63) is 0 Å². The maximum atomic E-state index is 12.8. The average molecular weight is 491 g/mol. The Labute approximate surface area is 196 Å². The van der Waals surface area contributed by atoms with E-state index in [-0.39, 0.29) is 12.3 Å². The van der Waals surface area contributed by atoms with Gasteiger partial charge >= 0.3 is 5.97 Å². The Kier molecular flexibility index (Phi) is 13.7. The number of primary amides is 2. The van der Waals surface area contributed by atoms with Gasteiger partial charge in [0, 0.05) is 0 Å². The van der Waals surface area contributed by atoms with Crippen LogP contribution in [0.1, 0.15) is 39.5 Å². The molecule has 0 aromatic heterocycles. The summed E-state index contributed by atoms with van der Waals surface area (Å²) >= 11 is 1.42. The van der Waals surface area contributed by atoms with Crippen molar-refractivity contribution in [3.63, 3.8) is 0 Å². The molecule has 188 valence electrons. The van der Waals surface area contributed by atoms with Gasteiger partial charge in [0.2, 0.25) is 29.5 Å². The van der Waals surface area contributed by atoms with E-state index >= 15 is 0 Å². The van der Waals surface area contributed by atoms with Crippen LogP contribution in [0.25, 0.3) is 0 Å². The summed E-state index contributed by atoms with van der Waals surface area (Å²) in [6, 6.07) is -5.12. The summed E-state index contributed by atoms with van der Waals surface area (Å²) in [6.07, 6.45) is 1.31. The van der Waals surface area contributed by atoms with Gasteiger partial charge in [0.15, 0.2) is 0 Å². The molecule has 0 heterocycles. The van der Waals surface area contributed by atoms with Crippen LogP contribution >= 0.6 is 11.8 Å². The molecule has 0 aliphatic carbocycles. The van der Waals surface area contributed by atoms with Crippen molar-refractivity contribution in [1.29, 1.82) is 0 Å².